The second-order valence-electron chi connectivity index (χ2n) is 8.36. The van der Waals surface area contributed by atoms with Crippen molar-refractivity contribution in [1.82, 2.24) is 15.1 Å². The summed E-state index contributed by atoms with van der Waals surface area (Å²) < 4.78 is 0. The van der Waals surface area contributed by atoms with Crippen molar-refractivity contribution in [2.75, 3.05) is 51.7 Å². The van der Waals surface area contributed by atoms with Crippen LogP contribution in [-0.2, 0) is 0 Å². The molecule has 1 N–H and O–H groups in total. The number of aliphatic imine (C=N–C) groups is 1. The Morgan fingerprint density at radius 1 is 1.12 bits per heavy atom. The van der Waals surface area contributed by atoms with Crippen LogP contribution in [0.1, 0.15) is 27.9 Å². The molecule has 1 amide bonds. The molecule has 7 heteroatoms. The van der Waals surface area contributed by atoms with Crippen molar-refractivity contribution in [3.05, 3.63) is 59.2 Å². The molecule has 3 rings (SSSR count). The molecule has 32 heavy (non-hydrogen) atoms. The fourth-order valence-electron chi connectivity index (χ4n) is 3.62. The lowest BCUT2D eigenvalue weighted by Crippen LogP contribution is -2.53. The van der Waals surface area contributed by atoms with E-state index in [2.05, 4.69) is 27.3 Å². The maximum atomic E-state index is 13.1. The highest BCUT2D eigenvalue weighted by atomic mass is 16.1. The first kappa shape index (κ1) is 23.3. The Morgan fingerprint density at radius 2 is 1.88 bits per heavy atom. The number of hydrogen-bond donors (Lipinski definition) is 1. The molecule has 1 saturated heterocycles. The molecule has 0 aliphatic carbocycles. The molecule has 0 bridgehead atoms. The van der Waals surface area contributed by atoms with Gasteiger partial charge in [-0.2, -0.15) is 5.26 Å². The lowest BCUT2D eigenvalue weighted by Gasteiger charge is -2.36. The van der Waals surface area contributed by atoms with Crippen molar-refractivity contribution in [1.29, 1.82) is 5.26 Å². The molecule has 0 aromatic heterocycles. The number of carbonyl (C=O) groups is 1. The van der Waals surface area contributed by atoms with E-state index in [-0.39, 0.29) is 5.91 Å². The second-order valence-corrected chi connectivity index (χ2v) is 8.36. The lowest BCUT2D eigenvalue weighted by atomic mass is 10.1. The zero-order valence-corrected chi connectivity index (χ0v) is 19.4. The largest absolute Gasteiger partial charge is 0.378 e. The van der Waals surface area contributed by atoms with Gasteiger partial charge in [0.15, 0.2) is 0 Å². The van der Waals surface area contributed by atoms with Gasteiger partial charge >= 0.3 is 0 Å². The number of nitrogens with zero attached hydrogens (tertiary/aromatic N) is 5. The van der Waals surface area contributed by atoms with E-state index >= 15 is 0 Å². The van der Waals surface area contributed by atoms with Gasteiger partial charge in [-0.3, -0.25) is 15.0 Å². The fraction of sp³-hybridized carbons (Fsp3) is 0.400. The van der Waals surface area contributed by atoms with Crippen molar-refractivity contribution >= 4 is 23.2 Å². The van der Waals surface area contributed by atoms with Gasteiger partial charge in [-0.1, -0.05) is 18.2 Å². The van der Waals surface area contributed by atoms with Crippen LogP contribution in [-0.4, -0.2) is 68.5 Å². The molecule has 0 atom stereocenters. The zero-order valence-electron chi connectivity index (χ0n) is 19.4. The average Bonchev–Trinajstić information content (AvgIpc) is 2.80. The van der Waals surface area contributed by atoms with Crippen molar-refractivity contribution in [2.24, 2.45) is 4.99 Å². The van der Waals surface area contributed by atoms with Crippen molar-refractivity contribution in [3.63, 3.8) is 0 Å². The predicted molar refractivity (Wildman–Crippen MR) is 129 cm³/mol. The molecule has 7 nitrogen and oxygen atoms in total. The number of benzene rings is 2. The molecule has 1 aliphatic heterocycles. The van der Waals surface area contributed by atoms with Crippen LogP contribution in [0.3, 0.4) is 0 Å². The number of carbonyl (C=O) groups excluding carboxylic acids is 1. The Kier molecular flexibility index (Phi) is 7.85. The minimum absolute atomic E-state index is 0.176. The summed E-state index contributed by atoms with van der Waals surface area (Å²) in [6.07, 6.45) is 0.530. The number of rotatable bonds is 5. The number of aryl methyl sites for hydroxylation is 2. The van der Waals surface area contributed by atoms with Gasteiger partial charge in [0, 0.05) is 64.5 Å². The monoisotopic (exact) mass is 432 g/mol. The number of anilines is 1. The minimum atomic E-state index is -0.176. The summed E-state index contributed by atoms with van der Waals surface area (Å²) in [4.78, 5) is 24.4. The molecule has 1 heterocycles. The highest BCUT2D eigenvalue weighted by Gasteiger charge is 2.22. The van der Waals surface area contributed by atoms with Gasteiger partial charge in [-0.25, -0.2) is 4.99 Å². The van der Waals surface area contributed by atoms with Crippen molar-refractivity contribution in [3.8, 4) is 6.07 Å². The van der Waals surface area contributed by atoms with Crippen LogP contribution in [0.2, 0.25) is 0 Å². The molecule has 0 radical (unpaired) electrons. The summed E-state index contributed by atoms with van der Waals surface area (Å²) in [5, 5.41) is 11.9. The van der Waals surface area contributed by atoms with Gasteiger partial charge in [-0.05, 0) is 49.2 Å². The molecular weight excluding hydrogens is 400 g/mol. The molecule has 0 spiro atoms. The molecule has 1 aliphatic rings. The average molecular weight is 433 g/mol. The van der Waals surface area contributed by atoms with Gasteiger partial charge < -0.3 is 9.80 Å². The van der Waals surface area contributed by atoms with E-state index in [1.54, 1.807) is 0 Å². The number of amides is 1. The molecule has 1 fully saturated rings. The third-order valence-electron chi connectivity index (χ3n) is 5.65. The van der Waals surface area contributed by atoms with Crippen LogP contribution in [0, 0.1) is 25.2 Å². The summed E-state index contributed by atoms with van der Waals surface area (Å²) in [5.41, 5.74) is 4.60. The van der Waals surface area contributed by atoms with Gasteiger partial charge in [-0.15, -0.1) is 0 Å². The first-order valence-corrected chi connectivity index (χ1v) is 11.0. The van der Waals surface area contributed by atoms with E-state index in [4.69, 9.17) is 10.3 Å². The van der Waals surface area contributed by atoms with E-state index in [9.17, 15) is 4.79 Å². The minimum Gasteiger partial charge on any atom is -0.378 e. The number of guanidine groups is 1. The fourth-order valence-corrected chi connectivity index (χ4v) is 3.62. The molecule has 168 valence electrons. The third kappa shape index (κ3) is 6.08. The summed E-state index contributed by atoms with van der Waals surface area (Å²) in [6, 6.07) is 15.9. The lowest BCUT2D eigenvalue weighted by molar-refractivity contribution is 0.0968. The smallest absolute Gasteiger partial charge is 0.258 e. The molecule has 2 aromatic carbocycles. The van der Waals surface area contributed by atoms with Gasteiger partial charge in [0.2, 0.25) is 5.96 Å². The predicted octanol–water partition coefficient (Wildman–Crippen LogP) is 3.32. The number of hydrogen-bond acceptors (Lipinski definition) is 5. The SMILES string of the molecule is Cc1ccc(C)c(N=C(NC(=O)c2cccc(N(C)C)c2)N2CCN(CCC#N)CC2)c1. The Balaban J connectivity index is 1.85. The number of piperazine rings is 1. The summed E-state index contributed by atoms with van der Waals surface area (Å²) >= 11 is 0. The molecular formula is C25H32N6O. The van der Waals surface area contributed by atoms with Crippen LogP contribution >= 0.6 is 0 Å². The van der Waals surface area contributed by atoms with Crippen LogP contribution in [0.15, 0.2) is 47.5 Å². The van der Waals surface area contributed by atoms with E-state index in [0.29, 0.717) is 17.9 Å². The second kappa shape index (κ2) is 10.8. The first-order valence-electron chi connectivity index (χ1n) is 11.0. The Labute approximate surface area is 191 Å². The van der Waals surface area contributed by atoms with E-state index in [0.717, 1.165) is 55.2 Å². The zero-order chi connectivity index (χ0) is 23.1. The molecule has 0 unspecified atom stereocenters. The van der Waals surface area contributed by atoms with E-state index < -0.39 is 0 Å². The highest BCUT2D eigenvalue weighted by Crippen LogP contribution is 2.21. The van der Waals surface area contributed by atoms with Crippen LogP contribution < -0.4 is 10.2 Å². The maximum Gasteiger partial charge on any atom is 0.258 e. The highest BCUT2D eigenvalue weighted by molar-refractivity contribution is 6.06. The quantitative estimate of drug-likeness (QED) is 0.580. The molecule has 2 aromatic rings. The normalized spacial score (nSPS) is 14.7. The standard InChI is InChI=1S/C25H32N6O/c1-19-9-10-20(2)23(17-19)27-25(31-15-13-30(14-16-31)12-6-11-26)28-24(32)21-7-5-8-22(18-21)29(3)4/h5,7-10,17-18H,6,12-16H2,1-4H3,(H,27,28,32). The Morgan fingerprint density at radius 3 is 2.56 bits per heavy atom. The Hall–Kier alpha value is -3.37. The number of nitrogens with one attached hydrogen (secondary N) is 1. The summed E-state index contributed by atoms with van der Waals surface area (Å²) in [6.45, 7) is 7.99. The number of nitriles is 1. The van der Waals surface area contributed by atoms with Crippen LogP contribution in [0.5, 0.6) is 0 Å². The van der Waals surface area contributed by atoms with Crippen molar-refractivity contribution < 1.29 is 4.79 Å². The van der Waals surface area contributed by atoms with Crippen LogP contribution in [0.4, 0.5) is 11.4 Å². The van der Waals surface area contributed by atoms with E-state index in [1.807, 2.05) is 69.2 Å². The van der Waals surface area contributed by atoms with E-state index in [1.165, 1.54) is 0 Å². The third-order valence-corrected chi connectivity index (χ3v) is 5.65. The van der Waals surface area contributed by atoms with Crippen molar-refractivity contribution in [2.45, 2.75) is 20.3 Å². The molecule has 0 saturated carbocycles. The Bertz CT molecular complexity index is 1020. The van der Waals surface area contributed by atoms with Gasteiger partial charge in [0.05, 0.1) is 11.8 Å². The summed E-state index contributed by atoms with van der Waals surface area (Å²) in [5.74, 6) is 0.392. The maximum absolute atomic E-state index is 13.1. The van der Waals surface area contributed by atoms with Gasteiger partial charge in [0.25, 0.3) is 5.91 Å². The van der Waals surface area contributed by atoms with Crippen LogP contribution in [0.25, 0.3) is 0 Å². The van der Waals surface area contributed by atoms with Gasteiger partial charge in [0.1, 0.15) is 0 Å². The summed E-state index contributed by atoms with van der Waals surface area (Å²) in [7, 11) is 3.91. The topological polar surface area (TPSA) is 75.0 Å². The first-order chi connectivity index (χ1) is 15.4.